The van der Waals surface area contributed by atoms with Crippen LogP contribution in [-0.4, -0.2) is 123 Å². The summed E-state index contributed by atoms with van der Waals surface area (Å²) in [6.45, 7) is 2.69. The first-order chi connectivity index (χ1) is 34.6. The molecule has 0 aromatic carbocycles. The van der Waals surface area contributed by atoms with Crippen LogP contribution in [-0.2, 0) is 50.7 Å². The number of nitrogens with two attached hydrogens (primary N) is 1. The Morgan fingerprint density at radius 1 is 0.836 bits per heavy atom. The van der Waals surface area contributed by atoms with Crippen LogP contribution in [0, 0.1) is 5.41 Å². The molecule has 2 amide bonds. The Labute approximate surface area is 430 Å². The quantitative estimate of drug-likeness (QED) is 0.0201. The number of allylic oxidation sites excluding steroid dienone is 8. The van der Waals surface area contributed by atoms with Crippen molar-refractivity contribution >= 4 is 69.1 Å². The molecule has 1 saturated heterocycles. The highest BCUT2D eigenvalue weighted by Gasteiger charge is 2.50. The number of nitrogen functional groups attached to an aromatic ring is 1. The van der Waals surface area contributed by atoms with E-state index in [9.17, 15) is 57.9 Å². The zero-order valence-corrected chi connectivity index (χ0v) is 45.1. The molecular weight excluding hydrogens is 1040 g/mol. The molecule has 73 heavy (non-hydrogen) atoms. The number of rotatable bonds is 37. The Kier molecular flexibility index (Phi) is 28.7. The predicted octanol–water partition coefficient (Wildman–Crippen LogP) is 6.37. The average Bonchev–Trinajstić information content (AvgIpc) is 3.88. The number of aromatic nitrogens is 4. The van der Waals surface area contributed by atoms with E-state index < -0.39 is 84.6 Å². The van der Waals surface area contributed by atoms with Crippen molar-refractivity contribution in [3.05, 3.63) is 61.3 Å². The van der Waals surface area contributed by atoms with Crippen LogP contribution < -0.4 is 16.4 Å². The van der Waals surface area contributed by atoms with Crippen molar-refractivity contribution in [1.29, 1.82) is 0 Å². The number of fused-ring (bicyclic) bond motifs is 1. The van der Waals surface area contributed by atoms with Crippen LogP contribution in [0.3, 0.4) is 0 Å². The Bertz CT molecular complexity index is 2300. The van der Waals surface area contributed by atoms with Crippen molar-refractivity contribution < 1.29 is 80.5 Å². The third-order valence-electron chi connectivity index (χ3n) is 11.0. The Balaban J connectivity index is 1.24. The van der Waals surface area contributed by atoms with Gasteiger partial charge in [0.1, 0.15) is 36.3 Å². The monoisotopic (exact) mass is 1110 g/mol. The zero-order chi connectivity index (χ0) is 53.9. The van der Waals surface area contributed by atoms with Gasteiger partial charge in [-0.25, -0.2) is 28.6 Å². The number of thioether (sulfide) groups is 1. The van der Waals surface area contributed by atoms with E-state index >= 15 is 0 Å². The first kappa shape index (κ1) is 63.8. The van der Waals surface area contributed by atoms with Crippen molar-refractivity contribution in [1.82, 2.24) is 30.2 Å². The molecule has 0 radical (unpaired) electrons. The van der Waals surface area contributed by atoms with Crippen molar-refractivity contribution in [3.8, 4) is 0 Å². The summed E-state index contributed by atoms with van der Waals surface area (Å²) in [5.41, 5.74) is 4.28. The number of nitrogens with one attached hydrogen (secondary N) is 2. The number of imidazole rings is 1. The van der Waals surface area contributed by atoms with E-state index in [1.807, 2.05) is 0 Å². The van der Waals surface area contributed by atoms with Crippen LogP contribution in [0.15, 0.2) is 61.3 Å². The molecule has 2 aromatic rings. The molecule has 3 heterocycles. The number of aliphatic hydroxyl groups is 2. The fourth-order valence-corrected chi connectivity index (χ4v) is 10.6. The van der Waals surface area contributed by atoms with Gasteiger partial charge in [0.05, 0.1) is 19.5 Å². The highest BCUT2D eigenvalue weighted by molar-refractivity contribution is 8.13. The van der Waals surface area contributed by atoms with Gasteiger partial charge in [-0.2, -0.15) is 4.31 Å². The molecule has 0 spiro atoms. The van der Waals surface area contributed by atoms with E-state index in [1.54, 1.807) is 0 Å². The van der Waals surface area contributed by atoms with Crippen LogP contribution in [0.5, 0.6) is 0 Å². The van der Waals surface area contributed by atoms with E-state index in [0.717, 1.165) is 86.8 Å². The van der Waals surface area contributed by atoms with Gasteiger partial charge in [0.15, 0.2) is 22.8 Å². The third kappa shape index (κ3) is 25.3. The first-order valence-electron chi connectivity index (χ1n) is 24.2. The molecule has 1 fully saturated rings. The fourth-order valence-electron chi connectivity index (χ4n) is 7.06. The molecule has 7 atom stereocenters. The molecule has 0 bridgehead atoms. The van der Waals surface area contributed by atoms with Crippen LogP contribution in [0.1, 0.15) is 123 Å². The highest BCUT2D eigenvalue weighted by Crippen LogP contribution is 2.61. The second-order valence-electron chi connectivity index (χ2n) is 17.7. The van der Waals surface area contributed by atoms with Gasteiger partial charge in [0.25, 0.3) is 0 Å². The second kappa shape index (κ2) is 32.8. The van der Waals surface area contributed by atoms with Crippen molar-refractivity contribution in [2.75, 3.05) is 37.8 Å². The number of hydrogen-bond donors (Lipinski definition) is 9. The molecule has 24 nitrogen and oxygen atoms in total. The summed E-state index contributed by atoms with van der Waals surface area (Å²) in [5, 5.41) is 26.7. The lowest BCUT2D eigenvalue weighted by Gasteiger charge is -2.30. The minimum Gasteiger partial charge on any atom is -0.386 e. The number of anilines is 1. The summed E-state index contributed by atoms with van der Waals surface area (Å²) < 4.78 is 62.5. The lowest BCUT2D eigenvalue weighted by atomic mass is 9.87. The van der Waals surface area contributed by atoms with E-state index in [-0.39, 0.29) is 41.6 Å². The molecule has 1 aliphatic rings. The molecule has 28 heteroatoms. The van der Waals surface area contributed by atoms with Crippen molar-refractivity contribution in [2.45, 2.75) is 148 Å². The third-order valence-corrected chi connectivity index (χ3v) is 15.0. The zero-order valence-electron chi connectivity index (χ0n) is 41.6. The summed E-state index contributed by atoms with van der Waals surface area (Å²) >= 11 is 1.15. The van der Waals surface area contributed by atoms with Gasteiger partial charge in [-0.1, -0.05) is 120 Å². The summed E-state index contributed by atoms with van der Waals surface area (Å²) in [6, 6.07) is 0. The molecule has 10 N–H and O–H groups in total. The van der Waals surface area contributed by atoms with Crippen LogP contribution in [0.2, 0.25) is 0 Å². The number of carbonyl (C=O) groups excluding carboxylic acids is 3. The number of hydrogen-bond acceptors (Lipinski definition) is 18. The molecule has 2 aromatic heterocycles. The van der Waals surface area contributed by atoms with Gasteiger partial charge in [0.2, 0.25) is 11.8 Å². The predicted molar refractivity (Wildman–Crippen MR) is 274 cm³/mol. The smallest absolute Gasteiger partial charge is 0.386 e. The SMILES string of the molecule is CC/C=C\C/C=C\C/C=C\C/C=C\CCCCCCCCCCC(=O)SCCNC(=O)CCNC(=O)[C@H](O)C(C)(C)COP(=O)(O)OP(=O)(O)OC[C@@H]1O[C@H](n2cnc3c(N)ncnc32)[C@H](O)[C@@H]1OP(=O)(O)O. The molecule has 0 aliphatic carbocycles. The number of phosphoric ester groups is 3. The number of amides is 2. The van der Waals surface area contributed by atoms with Crippen molar-refractivity contribution in [2.24, 2.45) is 5.41 Å². The summed E-state index contributed by atoms with van der Waals surface area (Å²) in [4.78, 5) is 88.5. The summed E-state index contributed by atoms with van der Waals surface area (Å²) in [7, 11) is -16.4. The molecule has 412 valence electrons. The molecular formula is C45H74N7O17P3S. The largest absolute Gasteiger partial charge is 0.481 e. The number of phosphoric acid groups is 3. The Morgan fingerprint density at radius 3 is 2.08 bits per heavy atom. The standard InChI is InChI=1S/C45H74N7O17P3S/c1-4-5-6-7-8-9-10-11-12-13-14-15-16-17-18-19-20-21-22-23-24-25-36(54)73-29-28-47-35(53)26-27-48-43(57)40(56)45(2,3)31-66-72(63,64)69-71(61,62)65-30-34-39(68-70(58,59)60)38(55)44(67-34)52-33-51-37-41(46)49-32-50-42(37)52/h5-6,8-9,11-12,14-15,32-34,38-40,44,55-56H,4,7,10,13,16-31H2,1-3H3,(H,47,53)(H,48,57)(H,61,62)(H,63,64)(H2,46,49,50)(H2,58,59,60)/b6-5-,9-8-,12-11-,15-14-/t34-,38+,39+,40-,44-/m0/s1. The maximum Gasteiger partial charge on any atom is 0.481 e. The second-order valence-corrected chi connectivity index (χ2v) is 23.0. The number of unbranched alkanes of at least 4 members (excludes halogenated alkanes) is 8. The van der Waals surface area contributed by atoms with Gasteiger partial charge < -0.3 is 50.9 Å². The van der Waals surface area contributed by atoms with Gasteiger partial charge in [-0.15, -0.1) is 0 Å². The lowest BCUT2D eigenvalue weighted by Crippen LogP contribution is -2.46. The maximum absolute atomic E-state index is 12.8. The number of ether oxygens (including phenoxy) is 1. The molecule has 3 rings (SSSR count). The van der Waals surface area contributed by atoms with E-state index in [2.05, 4.69) is 90.0 Å². The van der Waals surface area contributed by atoms with Crippen molar-refractivity contribution in [3.63, 3.8) is 0 Å². The topological polar surface area (TPSA) is 364 Å². The summed E-state index contributed by atoms with van der Waals surface area (Å²) in [6.07, 6.45) is 25.3. The van der Waals surface area contributed by atoms with Gasteiger partial charge in [-0.3, -0.25) is 32.5 Å². The van der Waals surface area contributed by atoms with Gasteiger partial charge in [-0.05, 0) is 44.9 Å². The van der Waals surface area contributed by atoms with E-state index in [0.29, 0.717) is 12.2 Å². The average molecular weight is 1110 g/mol. The lowest BCUT2D eigenvalue weighted by molar-refractivity contribution is -0.137. The normalized spacial score (nSPS) is 19.8. The minimum atomic E-state index is -5.58. The highest BCUT2D eigenvalue weighted by atomic mass is 32.2. The first-order valence-corrected chi connectivity index (χ1v) is 29.7. The fraction of sp³-hybridized carbons (Fsp3) is 0.644. The summed E-state index contributed by atoms with van der Waals surface area (Å²) in [5.74, 6) is -1.04. The maximum atomic E-state index is 12.8. The van der Waals surface area contributed by atoms with E-state index in [1.165, 1.54) is 39.5 Å². The van der Waals surface area contributed by atoms with Crippen LogP contribution >= 0.6 is 35.2 Å². The number of carbonyl (C=O) groups is 3. The van der Waals surface area contributed by atoms with Gasteiger partial charge >= 0.3 is 23.5 Å². The molecule has 0 saturated carbocycles. The Hall–Kier alpha value is -3.48. The number of aliphatic hydroxyl groups excluding tert-OH is 2. The Morgan fingerprint density at radius 2 is 1.44 bits per heavy atom. The number of nitrogens with zero attached hydrogens (tertiary/aromatic N) is 4. The minimum absolute atomic E-state index is 0.0320. The van der Waals surface area contributed by atoms with Crippen LogP contribution in [0.4, 0.5) is 5.82 Å². The van der Waals surface area contributed by atoms with Crippen LogP contribution in [0.25, 0.3) is 11.2 Å². The molecule has 1 aliphatic heterocycles. The van der Waals surface area contributed by atoms with Gasteiger partial charge in [0, 0.05) is 37.1 Å². The van der Waals surface area contributed by atoms with E-state index in [4.69, 9.17) is 19.5 Å². The molecule has 2 unspecified atom stereocenters.